The van der Waals surface area contributed by atoms with Gasteiger partial charge in [-0.2, -0.15) is 0 Å². The number of nitrogens with one attached hydrogen (secondary N) is 2. The van der Waals surface area contributed by atoms with Gasteiger partial charge in [-0.25, -0.2) is 0 Å². The third kappa shape index (κ3) is 3.93. The number of nitrogens with zero attached hydrogens (tertiary/aromatic N) is 1. The van der Waals surface area contributed by atoms with E-state index in [4.69, 9.17) is 12.2 Å². The molecule has 0 aliphatic carbocycles. The maximum atomic E-state index is 5.15. The van der Waals surface area contributed by atoms with E-state index in [9.17, 15) is 0 Å². The van der Waals surface area contributed by atoms with Crippen LogP contribution in [0, 0.1) is 4.77 Å². The van der Waals surface area contributed by atoms with Crippen molar-refractivity contribution < 1.29 is 0 Å². The molecule has 1 aromatic carbocycles. The van der Waals surface area contributed by atoms with E-state index in [0.717, 1.165) is 28.5 Å². The molecule has 2 rings (SSSR count). The molecule has 0 saturated carbocycles. The zero-order valence-electron chi connectivity index (χ0n) is 12.1. The van der Waals surface area contributed by atoms with Crippen LogP contribution < -0.4 is 0 Å². The normalized spacial score (nSPS) is 11.6. The summed E-state index contributed by atoms with van der Waals surface area (Å²) in [5, 5.41) is 0. The van der Waals surface area contributed by atoms with Crippen molar-refractivity contribution in [1.82, 2.24) is 14.9 Å². The lowest BCUT2D eigenvalue weighted by Crippen LogP contribution is -2.27. The summed E-state index contributed by atoms with van der Waals surface area (Å²) >= 11 is 8.77. The third-order valence-corrected chi connectivity index (χ3v) is 4.26. The van der Waals surface area contributed by atoms with Gasteiger partial charge in [-0.3, -0.25) is 0 Å². The molecule has 0 radical (unpaired) electrons. The Morgan fingerprint density at radius 1 is 1.10 bits per heavy atom. The average Bonchev–Trinajstić information content (AvgIpc) is 2.78. The lowest BCUT2D eigenvalue weighted by atomic mass is 10.1. The van der Waals surface area contributed by atoms with Gasteiger partial charge in [0.25, 0.3) is 0 Å². The topological polar surface area (TPSA) is 34.8 Å². The number of aromatic nitrogens is 2. The molecule has 0 aliphatic rings. The van der Waals surface area contributed by atoms with Gasteiger partial charge in [-0.05, 0) is 78.2 Å². The van der Waals surface area contributed by atoms with Crippen LogP contribution in [0.15, 0.2) is 16.6 Å². The van der Waals surface area contributed by atoms with Gasteiger partial charge in [-0.1, -0.05) is 13.8 Å². The number of benzene rings is 1. The first-order valence-electron chi connectivity index (χ1n) is 7.26. The van der Waals surface area contributed by atoms with E-state index in [0.29, 0.717) is 4.77 Å². The summed E-state index contributed by atoms with van der Waals surface area (Å²) in [7, 11) is 0. The summed E-state index contributed by atoms with van der Waals surface area (Å²) in [5.41, 5.74) is 3.47. The van der Waals surface area contributed by atoms with Crippen molar-refractivity contribution in [1.29, 1.82) is 0 Å². The second-order valence-electron chi connectivity index (χ2n) is 5.17. The highest BCUT2D eigenvalue weighted by atomic mass is 79.9. The van der Waals surface area contributed by atoms with Crippen molar-refractivity contribution in [2.24, 2.45) is 0 Å². The quantitative estimate of drug-likeness (QED) is 0.708. The number of fused-ring (bicyclic) bond motifs is 1. The molecule has 3 nitrogen and oxygen atoms in total. The maximum absolute atomic E-state index is 5.15. The monoisotopic (exact) mass is 355 g/mol. The van der Waals surface area contributed by atoms with Crippen LogP contribution in [0.3, 0.4) is 0 Å². The molecule has 0 fully saturated rings. The molecule has 5 heteroatoms. The van der Waals surface area contributed by atoms with Crippen LogP contribution in [0.25, 0.3) is 11.0 Å². The van der Waals surface area contributed by atoms with Crippen LogP contribution in [-0.2, 0) is 6.42 Å². The van der Waals surface area contributed by atoms with E-state index in [1.54, 1.807) is 0 Å². The lowest BCUT2D eigenvalue weighted by Gasteiger charge is -2.20. The first-order valence-corrected chi connectivity index (χ1v) is 8.47. The lowest BCUT2D eigenvalue weighted by molar-refractivity contribution is 0.278. The van der Waals surface area contributed by atoms with Crippen LogP contribution >= 0.6 is 28.1 Å². The molecule has 2 aromatic rings. The van der Waals surface area contributed by atoms with Crippen LogP contribution in [0.1, 0.15) is 32.3 Å². The molecule has 1 heterocycles. The van der Waals surface area contributed by atoms with E-state index in [2.05, 4.69) is 56.8 Å². The summed E-state index contributed by atoms with van der Waals surface area (Å²) in [4.78, 5) is 8.89. The van der Waals surface area contributed by atoms with Crippen molar-refractivity contribution in [3.05, 3.63) is 26.9 Å². The summed E-state index contributed by atoms with van der Waals surface area (Å²) in [6, 6.07) is 4.39. The summed E-state index contributed by atoms with van der Waals surface area (Å²) < 4.78 is 1.76. The Labute approximate surface area is 133 Å². The fourth-order valence-electron chi connectivity index (χ4n) is 2.55. The largest absolute Gasteiger partial charge is 0.331 e. The number of aromatic amines is 2. The molecule has 1 aromatic heterocycles. The summed E-state index contributed by atoms with van der Waals surface area (Å²) in [6.45, 7) is 7.97. The molecule has 110 valence electrons. The zero-order chi connectivity index (χ0) is 14.5. The second kappa shape index (κ2) is 7.38. The minimum absolute atomic E-state index is 0.677. The number of hydrogen-bond acceptors (Lipinski definition) is 2. The van der Waals surface area contributed by atoms with Crippen LogP contribution in [0.5, 0.6) is 0 Å². The predicted molar refractivity (Wildman–Crippen MR) is 91.9 cm³/mol. The molecule has 0 spiro atoms. The molecule has 0 unspecified atom stereocenters. The number of H-pyrrole nitrogens is 2. The SMILES string of the molecule is CCCN(CCC)CCc1cc(Br)c2[nH]c(=S)[nH]c2c1. The van der Waals surface area contributed by atoms with Gasteiger partial charge >= 0.3 is 0 Å². The summed E-state index contributed by atoms with van der Waals surface area (Å²) in [5.74, 6) is 0. The molecule has 0 aliphatic heterocycles. The van der Waals surface area contributed by atoms with Gasteiger partial charge < -0.3 is 14.9 Å². The van der Waals surface area contributed by atoms with Gasteiger partial charge in [0.2, 0.25) is 0 Å². The number of imidazole rings is 1. The Morgan fingerprint density at radius 2 is 1.80 bits per heavy atom. The number of rotatable bonds is 7. The highest BCUT2D eigenvalue weighted by molar-refractivity contribution is 9.10. The molecule has 0 saturated heterocycles. The standard InChI is InChI=1S/C15H22BrN3S/c1-3-6-19(7-4-2)8-5-11-9-12(16)14-13(10-11)17-15(20)18-14/h9-10H,3-8H2,1-2H3,(H2,17,18,20). The van der Waals surface area contributed by atoms with Gasteiger partial charge in [0.1, 0.15) is 0 Å². The Morgan fingerprint density at radius 3 is 2.45 bits per heavy atom. The summed E-state index contributed by atoms with van der Waals surface area (Å²) in [6.07, 6.45) is 3.50. The van der Waals surface area contributed by atoms with Gasteiger partial charge in [0, 0.05) is 11.0 Å². The molecular weight excluding hydrogens is 334 g/mol. The van der Waals surface area contributed by atoms with E-state index >= 15 is 0 Å². The molecule has 0 bridgehead atoms. The van der Waals surface area contributed by atoms with Crippen molar-refractivity contribution in [2.75, 3.05) is 19.6 Å². The minimum atomic E-state index is 0.677. The zero-order valence-corrected chi connectivity index (χ0v) is 14.5. The smallest absolute Gasteiger partial charge is 0.175 e. The Kier molecular flexibility index (Phi) is 5.81. The van der Waals surface area contributed by atoms with E-state index in [-0.39, 0.29) is 0 Å². The number of hydrogen-bond donors (Lipinski definition) is 2. The molecular formula is C15H22BrN3S. The minimum Gasteiger partial charge on any atom is -0.331 e. The van der Waals surface area contributed by atoms with Gasteiger partial charge in [-0.15, -0.1) is 0 Å². The van der Waals surface area contributed by atoms with Gasteiger partial charge in [0.05, 0.1) is 11.0 Å². The third-order valence-electron chi connectivity index (χ3n) is 3.43. The number of halogens is 1. The molecule has 2 N–H and O–H groups in total. The van der Waals surface area contributed by atoms with Crippen LogP contribution in [-0.4, -0.2) is 34.5 Å². The van der Waals surface area contributed by atoms with Crippen molar-refractivity contribution >= 4 is 39.2 Å². The molecule has 0 amide bonds. The highest BCUT2D eigenvalue weighted by Crippen LogP contribution is 2.23. The fourth-order valence-corrected chi connectivity index (χ4v) is 3.37. The van der Waals surface area contributed by atoms with E-state index < -0.39 is 0 Å². The van der Waals surface area contributed by atoms with Gasteiger partial charge in [0.15, 0.2) is 4.77 Å². The Balaban J connectivity index is 2.11. The van der Waals surface area contributed by atoms with Crippen molar-refractivity contribution in [2.45, 2.75) is 33.1 Å². The Bertz CT molecular complexity index is 611. The maximum Gasteiger partial charge on any atom is 0.175 e. The molecule has 20 heavy (non-hydrogen) atoms. The van der Waals surface area contributed by atoms with Crippen LogP contribution in [0.2, 0.25) is 0 Å². The van der Waals surface area contributed by atoms with Crippen LogP contribution in [0.4, 0.5) is 0 Å². The first kappa shape index (κ1) is 15.7. The predicted octanol–water partition coefficient (Wildman–Crippen LogP) is 4.65. The van der Waals surface area contributed by atoms with E-state index in [1.165, 1.54) is 31.5 Å². The van der Waals surface area contributed by atoms with Crippen molar-refractivity contribution in [3.63, 3.8) is 0 Å². The van der Waals surface area contributed by atoms with Crippen molar-refractivity contribution in [3.8, 4) is 0 Å². The second-order valence-corrected chi connectivity index (χ2v) is 6.43. The van der Waals surface area contributed by atoms with E-state index in [1.807, 2.05) is 0 Å². The molecule has 0 atom stereocenters. The highest BCUT2D eigenvalue weighted by Gasteiger charge is 2.07. The Hall–Kier alpha value is -0.650. The first-order chi connectivity index (χ1) is 9.63. The average molecular weight is 356 g/mol. The fraction of sp³-hybridized carbons (Fsp3) is 0.533.